The number of benzene rings is 1. The normalized spacial score (nSPS) is 10.2. The fourth-order valence-corrected chi connectivity index (χ4v) is 1.57. The Bertz CT molecular complexity index is 385. The summed E-state index contributed by atoms with van der Waals surface area (Å²) in [5.74, 6) is -0.0230. The molecule has 114 valence electrons. The van der Waals surface area contributed by atoms with Gasteiger partial charge in [-0.3, -0.25) is 9.69 Å². The van der Waals surface area contributed by atoms with Gasteiger partial charge in [-0.05, 0) is 26.1 Å². The molecule has 1 aromatic carbocycles. The van der Waals surface area contributed by atoms with E-state index in [9.17, 15) is 4.79 Å². The number of amides is 1. The van der Waals surface area contributed by atoms with E-state index in [1.165, 1.54) is 5.56 Å². The van der Waals surface area contributed by atoms with E-state index in [4.69, 9.17) is 10.5 Å². The topological polar surface area (TPSA) is 67.6 Å². The number of likely N-dealkylation sites (N-methyl/N-ethyl adjacent to an activating group) is 1. The second kappa shape index (κ2) is 10.6. The molecule has 20 heavy (non-hydrogen) atoms. The molecule has 0 heterocycles. The number of halogens is 1. The van der Waals surface area contributed by atoms with Gasteiger partial charge in [-0.1, -0.05) is 17.7 Å². The summed E-state index contributed by atoms with van der Waals surface area (Å²) in [5.41, 5.74) is 7.32. The quantitative estimate of drug-likeness (QED) is 0.710. The van der Waals surface area contributed by atoms with Crippen molar-refractivity contribution in [3.05, 3.63) is 29.8 Å². The van der Waals surface area contributed by atoms with Gasteiger partial charge in [0.05, 0.1) is 19.8 Å². The molecule has 0 aliphatic rings. The van der Waals surface area contributed by atoms with Crippen molar-refractivity contribution in [2.75, 3.05) is 45.2 Å². The van der Waals surface area contributed by atoms with Crippen LogP contribution in [0.25, 0.3) is 0 Å². The number of aryl methyl sites for hydroxylation is 1. The number of rotatable bonds is 8. The minimum atomic E-state index is -0.0230. The predicted molar refractivity (Wildman–Crippen MR) is 84.4 cm³/mol. The lowest BCUT2D eigenvalue weighted by molar-refractivity contribution is -0.117. The highest BCUT2D eigenvalue weighted by Gasteiger charge is 2.06. The summed E-state index contributed by atoms with van der Waals surface area (Å²) < 4.78 is 5.27. The molecular weight excluding hydrogens is 278 g/mol. The van der Waals surface area contributed by atoms with Gasteiger partial charge in [0.1, 0.15) is 0 Å². The van der Waals surface area contributed by atoms with Crippen LogP contribution in [0.15, 0.2) is 24.3 Å². The number of nitrogens with one attached hydrogen (secondary N) is 1. The van der Waals surface area contributed by atoms with Crippen LogP contribution in [0.1, 0.15) is 5.56 Å². The van der Waals surface area contributed by atoms with Gasteiger partial charge < -0.3 is 15.8 Å². The third-order valence-electron chi connectivity index (χ3n) is 2.63. The number of hydrogen-bond acceptors (Lipinski definition) is 4. The number of anilines is 1. The molecule has 0 fully saturated rings. The molecule has 0 bridgehead atoms. The number of ether oxygens (including phenoxy) is 1. The van der Waals surface area contributed by atoms with Crippen LogP contribution in [0.5, 0.6) is 0 Å². The first-order valence-corrected chi connectivity index (χ1v) is 6.44. The van der Waals surface area contributed by atoms with E-state index in [-0.39, 0.29) is 18.3 Å². The molecule has 0 aliphatic carbocycles. The lowest BCUT2D eigenvalue weighted by atomic mass is 10.2. The Balaban J connectivity index is 0.00000361. The van der Waals surface area contributed by atoms with Crippen molar-refractivity contribution in [2.45, 2.75) is 6.92 Å². The van der Waals surface area contributed by atoms with Crippen LogP contribution in [-0.4, -0.2) is 50.7 Å². The number of hydrogen-bond donors (Lipinski definition) is 2. The van der Waals surface area contributed by atoms with Crippen molar-refractivity contribution in [1.29, 1.82) is 0 Å². The van der Waals surface area contributed by atoms with E-state index >= 15 is 0 Å². The maximum Gasteiger partial charge on any atom is 0.238 e. The summed E-state index contributed by atoms with van der Waals surface area (Å²) in [6.45, 7) is 4.74. The minimum absolute atomic E-state index is 0. The zero-order chi connectivity index (χ0) is 14.1. The van der Waals surface area contributed by atoms with Crippen molar-refractivity contribution in [3.8, 4) is 0 Å². The van der Waals surface area contributed by atoms with E-state index in [1.807, 2.05) is 43.1 Å². The molecule has 0 atom stereocenters. The summed E-state index contributed by atoms with van der Waals surface area (Å²) >= 11 is 0. The number of nitrogens with two attached hydrogens (primary N) is 1. The Morgan fingerprint density at radius 3 is 2.55 bits per heavy atom. The highest BCUT2D eigenvalue weighted by Crippen LogP contribution is 2.08. The van der Waals surface area contributed by atoms with Gasteiger partial charge in [0.2, 0.25) is 5.91 Å². The molecule has 1 amide bonds. The van der Waals surface area contributed by atoms with Gasteiger partial charge >= 0.3 is 0 Å². The Morgan fingerprint density at radius 2 is 1.95 bits per heavy atom. The first kappa shape index (κ1) is 18.9. The van der Waals surface area contributed by atoms with Crippen LogP contribution in [0.4, 0.5) is 5.69 Å². The van der Waals surface area contributed by atoms with Crippen LogP contribution in [0.2, 0.25) is 0 Å². The maximum absolute atomic E-state index is 11.8. The van der Waals surface area contributed by atoms with E-state index in [0.29, 0.717) is 32.8 Å². The number of nitrogens with zero attached hydrogens (tertiary/aromatic N) is 1. The highest BCUT2D eigenvalue weighted by molar-refractivity contribution is 5.92. The standard InChI is InChI=1S/C14H23N3O2.ClH/c1-12-3-5-13(6-4-12)16-14(18)11-17(2)8-10-19-9-7-15;/h3-6H,7-11,15H2,1-2H3,(H,16,18);1H. The summed E-state index contributed by atoms with van der Waals surface area (Å²) in [7, 11) is 1.89. The molecule has 3 N–H and O–H groups in total. The molecule has 0 radical (unpaired) electrons. The SMILES string of the molecule is Cc1ccc(NC(=O)CN(C)CCOCCN)cc1.Cl. The van der Waals surface area contributed by atoms with Gasteiger partial charge in [0.25, 0.3) is 0 Å². The zero-order valence-corrected chi connectivity index (χ0v) is 12.9. The van der Waals surface area contributed by atoms with E-state index < -0.39 is 0 Å². The monoisotopic (exact) mass is 301 g/mol. The van der Waals surface area contributed by atoms with Gasteiger partial charge in [-0.15, -0.1) is 12.4 Å². The average molecular weight is 302 g/mol. The molecule has 5 nitrogen and oxygen atoms in total. The molecule has 6 heteroatoms. The number of carbonyl (C=O) groups excluding carboxylic acids is 1. The van der Waals surface area contributed by atoms with Crippen LogP contribution in [-0.2, 0) is 9.53 Å². The molecule has 0 aliphatic heterocycles. The molecule has 0 saturated heterocycles. The average Bonchev–Trinajstić information content (AvgIpc) is 2.37. The second-order valence-corrected chi connectivity index (χ2v) is 4.55. The Hall–Kier alpha value is -1.14. The Kier molecular flexibility index (Phi) is 10.0. The fraction of sp³-hybridized carbons (Fsp3) is 0.500. The van der Waals surface area contributed by atoms with E-state index in [0.717, 1.165) is 5.69 Å². The molecule has 0 aromatic heterocycles. The van der Waals surface area contributed by atoms with Crippen LogP contribution < -0.4 is 11.1 Å². The molecule has 1 rings (SSSR count). The largest absolute Gasteiger partial charge is 0.379 e. The van der Waals surface area contributed by atoms with Gasteiger partial charge in [0, 0.05) is 18.8 Å². The van der Waals surface area contributed by atoms with Gasteiger partial charge in [-0.25, -0.2) is 0 Å². The van der Waals surface area contributed by atoms with Crippen molar-refractivity contribution in [3.63, 3.8) is 0 Å². The first-order valence-electron chi connectivity index (χ1n) is 6.44. The smallest absolute Gasteiger partial charge is 0.238 e. The molecular formula is C14H24ClN3O2. The van der Waals surface area contributed by atoms with Crippen molar-refractivity contribution in [2.24, 2.45) is 5.73 Å². The highest BCUT2D eigenvalue weighted by atomic mass is 35.5. The van der Waals surface area contributed by atoms with Crippen LogP contribution in [0.3, 0.4) is 0 Å². The van der Waals surface area contributed by atoms with Crippen molar-refractivity contribution < 1.29 is 9.53 Å². The lowest BCUT2D eigenvalue weighted by Gasteiger charge is -2.16. The minimum Gasteiger partial charge on any atom is -0.379 e. The van der Waals surface area contributed by atoms with Crippen molar-refractivity contribution in [1.82, 2.24) is 4.90 Å². The zero-order valence-electron chi connectivity index (χ0n) is 12.1. The maximum atomic E-state index is 11.8. The third-order valence-corrected chi connectivity index (χ3v) is 2.63. The van der Waals surface area contributed by atoms with E-state index in [2.05, 4.69) is 5.32 Å². The predicted octanol–water partition coefficient (Wildman–Crippen LogP) is 1.26. The van der Waals surface area contributed by atoms with Crippen molar-refractivity contribution >= 4 is 24.0 Å². The summed E-state index contributed by atoms with van der Waals surface area (Å²) in [5, 5.41) is 2.86. The fourth-order valence-electron chi connectivity index (χ4n) is 1.57. The van der Waals surface area contributed by atoms with Gasteiger partial charge in [-0.2, -0.15) is 0 Å². The lowest BCUT2D eigenvalue weighted by Crippen LogP contribution is -2.32. The van der Waals surface area contributed by atoms with Gasteiger partial charge in [0.15, 0.2) is 0 Å². The molecule has 1 aromatic rings. The van der Waals surface area contributed by atoms with E-state index in [1.54, 1.807) is 0 Å². The molecule has 0 saturated carbocycles. The first-order chi connectivity index (χ1) is 9.11. The Morgan fingerprint density at radius 1 is 1.30 bits per heavy atom. The summed E-state index contributed by atoms with van der Waals surface area (Å²) in [6.07, 6.45) is 0. The van der Waals surface area contributed by atoms with Crippen LogP contribution >= 0.6 is 12.4 Å². The Labute approximate surface area is 126 Å². The molecule has 0 unspecified atom stereocenters. The number of carbonyl (C=O) groups is 1. The third kappa shape index (κ3) is 8.12. The second-order valence-electron chi connectivity index (χ2n) is 4.55. The molecule has 0 spiro atoms. The van der Waals surface area contributed by atoms with Crippen LogP contribution in [0, 0.1) is 6.92 Å². The summed E-state index contributed by atoms with van der Waals surface area (Å²) in [4.78, 5) is 13.7. The summed E-state index contributed by atoms with van der Waals surface area (Å²) in [6, 6.07) is 7.75.